The second-order valence-electron chi connectivity index (χ2n) is 4.00. The fourth-order valence-electron chi connectivity index (χ4n) is 1.59. The molecule has 1 N–H and O–H groups in total. The summed E-state index contributed by atoms with van der Waals surface area (Å²) in [7, 11) is 0. The van der Waals surface area contributed by atoms with Crippen LogP contribution in [0.2, 0.25) is 0 Å². The molecule has 0 amide bonds. The lowest BCUT2D eigenvalue weighted by Crippen LogP contribution is -2.24. The zero-order valence-electron chi connectivity index (χ0n) is 7.62. The van der Waals surface area contributed by atoms with Crippen molar-refractivity contribution in [2.75, 3.05) is 0 Å². The average molecular weight is 154 g/mol. The van der Waals surface area contributed by atoms with Gasteiger partial charge in [0.25, 0.3) is 0 Å². The first-order valence-corrected chi connectivity index (χ1v) is 4.47. The Kier molecular flexibility index (Phi) is 2.72. The molecule has 0 saturated heterocycles. The van der Waals surface area contributed by atoms with Gasteiger partial charge in [0.2, 0.25) is 0 Å². The third kappa shape index (κ3) is 2.06. The molecule has 11 heavy (non-hydrogen) atoms. The molecule has 1 heteroatoms. The summed E-state index contributed by atoms with van der Waals surface area (Å²) in [6.45, 7) is 6.59. The number of hydrogen-bond donors (Lipinski definition) is 1. The summed E-state index contributed by atoms with van der Waals surface area (Å²) in [4.78, 5) is 0. The lowest BCUT2D eigenvalue weighted by atomic mass is 9.80. The molecule has 0 heterocycles. The Morgan fingerprint density at radius 3 is 2.45 bits per heavy atom. The van der Waals surface area contributed by atoms with E-state index < -0.39 is 0 Å². The third-order valence-electron chi connectivity index (χ3n) is 2.64. The van der Waals surface area contributed by atoms with Gasteiger partial charge in [0.05, 0.1) is 6.10 Å². The number of hydrogen-bond acceptors (Lipinski definition) is 1. The second kappa shape index (κ2) is 3.40. The van der Waals surface area contributed by atoms with Crippen LogP contribution in [0.1, 0.15) is 27.2 Å². The van der Waals surface area contributed by atoms with E-state index in [0.29, 0.717) is 17.8 Å². The summed E-state index contributed by atoms with van der Waals surface area (Å²) < 4.78 is 0. The Balaban J connectivity index is 2.56. The van der Waals surface area contributed by atoms with E-state index in [2.05, 4.69) is 26.8 Å². The molecule has 0 aromatic rings. The van der Waals surface area contributed by atoms with Crippen molar-refractivity contribution in [1.29, 1.82) is 0 Å². The van der Waals surface area contributed by atoms with Crippen LogP contribution in [0, 0.1) is 17.8 Å². The molecule has 1 rings (SSSR count). The predicted octanol–water partition coefficient (Wildman–Crippen LogP) is 2.22. The van der Waals surface area contributed by atoms with Crippen LogP contribution in [-0.4, -0.2) is 11.2 Å². The predicted molar refractivity (Wildman–Crippen MR) is 47.3 cm³/mol. The minimum absolute atomic E-state index is 0.204. The first kappa shape index (κ1) is 8.79. The summed E-state index contributed by atoms with van der Waals surface area (Å²) in [6.07, 6.45) is 5.04. The molecule has 0 aromatic carbocycles. The standard InChI is InChI=1S/C10H18O/c1-7(2)9-4-5-10(11)8(3)6-9/h4-5,7-11H,6H2,1-3H3/t8-,9?,10?/m0/s1. The molecule has 2 unspecified atom stereocenters. The lowest BCUT2D eigenvalue weighted by Gasteiger charge is -2.28. The van der Waals surface area contributed by atoms with Gasteiger partial charge in [0, 0.05) is 0 Å². The molecular weight excluding hydrogens is 136 g/mol. The molecule has 0 aliphatic heterocycles. The first-order valence-electron chi connectivity index (χ1n) is 4.47. The maximum absolute atomic E-state index is 9.39. The van der Waals surface area contributed by atoms with Crippen LogP contribution in [0.3, 0.4) is 0 Å². The highest BCUT2D eigenvalue weighted by molar-refractivity contribution is 5.01. The van der Waals surface area contributed by atoms with Gasteiger partial charge in [0.1, 0.15) is 0 Å². The van der Waals surface area contributed by atoms with Gasteiger partial charge in [-0.2, -0.15) is 0 Å². The molecule has 3 atom stereocenters. The number of rotatable bonds is 1. The van der Waals surface area contributed by atoms with Crippen LogP contribution in [0.5, 0.6) is 0 Å². The summed E-state index contributed by atoms with van der Waals surface area (Å²) in [5, 5.41) is 9.39. The Hall–Kier alpha value is -0.300. The van der Waals surface area contributed by atoms with Crippen LogP contribution >= 0.6 is 0 Å². The highest BCUT2D eigenvalue weighted by atomic mass is 16.3. The van der Waals surface area contributed by atoms with Gasteiger partial charge in [-0.3, -0.25) is 0 Å². The smallest absolute Gasteiger partial charge is 0.0746 e. The van der Waals surface area contributed by atoms with Crippen molar-refractivity contribution in [3.63, 3.8) is 0 Å². The van der Waals surface area contributed by atoms with Crippen molar-refractivity contribution < 1.29 is 5.11 Å². The van der Waals surface area contributed by atoms with Gasteiger partial charge in [-0.1, -0.05) is 32.9 Å². The highest BCUT2D eigenvalue weighted by Gasteiger charge is 2.22. The van der Waals surface area contributed by atoms with Gasteiger partial charge in [-0.15, -0.1) is 0 Å². The maximum Gasteiger partial charge on any atom is 0.0746 e. The Bertz CT molecular complexity index is 149. The second-order valence-corrected chi connectivity index (χ2v) is 4.00. The highest BCUT2D eigenvalue weighted by Crippen LogP contribution is 2.28. The molecule has 0 fully saturated rings. The minimum Gasteiger partial charge on any atom is -0.389 e. The molecule has 0 saturated carbocycles. The molecule has 1 aliphatic carbocycles. The van der Waals surface area contributed by atoms with Crippen molar-refractivity contribution >= 4 is 0 Å². The van der Waals surface area contributed by atoms with Crippen LogP contribution < -0.4 is 0 Å². The molecule has 64 valence electrons. The van der Waals surface area contributed by atoms with Gasteiger partial charge >= 0.3 is 0 Å². The van der Waals surface area contributed by atoms with Crippen molar-refractivity contribution in [1.82, 2.24) is 0 Å². The Labute approximate surface area is 69.1 Å². The van der Waals surface area contributed by atoms with Crippen molar-refractivity contribution in [2.45, 2.75) is 33.3 Å². The van der Waals surface area contributed by atoms with Gasteiger partial charge in [-0.05, 0) is 24.2 Å². The van der Waals surface area contributed by atoms with Gasteiger partial charge in [-0.25, -0.2) is 0 Å². The molecule has 0 bridgehead atoms. The van der Waals surface area contributed by atoms with E-state index in [-0.39, 0.29) is 6.10 Å². The number of aliphatic hydroxyl groups excluding tert-OH is 1. The summed E-state index contributed by atoms with van der Waals surface area (Å²) in [5.41, 5.74) is 0. The van der Waals surface area contributed by atoms with E-state index in [1.807, 2.05) is 6.08 Å². The fraction of sp³-hybridized carbons (Fsp3) is 0.800. The lowest BCUT2D eigenvalue weighted by molar-refractivity contribution is 0.131. The fourth-order valence-corrected chi connectivity index (χ4v) is 1.59. The maximum atomic E-state index is 9.39. The topological polar surface area (TPSA) is 20.2 Å². The van der Waals surface area contributed by atoms with E-state index in [1.165, 1.54) is 0 Å². The van der Waals surface area contributed by atoms with Gasteiger partial charge in [0.15, 0.2) is 0 Å². The van der Waals surface area contributed by atoms with E-state index in [1.54, 1.807) is 0 Å². The Morgan fingerprint density at radius 2 is 2.00 bits per heavy atom. The van der Waals surface area contributed by atoms with Crippen LogP contribution in [-0.2, 0) is 0 Å². The zero-order valence-corrected chi connectivity index (χ0v) is 7.62. The molecule has 1 aliphatic rings. The third-order valence-corrected chi connectivity index (χ3v) is 2.64. The molecule has 0 aromatic heterocycles. The zero-order chi connectivity index (χ0) is 8.43. The molecule has 1 nitrogen and oxygen atoms in total. The molecule has 0 spiro atoms. The summed E-state index contributed by atoms with van der Waals surface area (Å²) in [5.74, 6) is 1.82. The SMILES string of the molecule is CC(C)C1C=CC(O)[C@@H](C)C1. The monoisotopic (exact) mass is 154 g/mol. The quantitative estimate of drug-likeness (QED) is 0.574. The van der Waals surface area contributed by atoms with E-state index >= 15 is 0 Å². The van der Waals surface area contributed by atoms with E-state index in [4.69, 9.17) is 0 Å². The van der Waals surface area contributed by atoms with E-state index in [0.717, 1.165) is 6.42 Å². The molecule has 0 radical (unpaired) electrons. The number of aliphatic hydroxyl groups is 1. The van der Waals surface area contributed by atoms with Crippen molar-refractivity contribution in [3.8, 4) is 0 Å². The first-order chi connectivity index (χ1) is 5.11. The summed E-state index contributed by atoms with van der Waals surface area (Å²) in [6, 6.07) is 0. The average Bonchev–Trinajstić information content (AvgIpc) is 1.94. The molecular formula is C10H18O. The van der Waals surface area contributed by atoms with Gasteiger partial charge < -0.3 is 5.11 Å². The number of allylic oxidation sites excluding steroid dienone is 1. The minimum atomic E-state index is -0.204. The van der Waals surface area contributed by atoms with Crippen LogP contribution in [0.25, 0.3) is 0 Å². The van der Waals surface area contributed by atoms with E-state index in [9.17, 15) is 5.11 Å². The summed E-state index contributed by atoms with van der Waals surface area (Å²) >= 11 is 0. The van der Waals surface area contributed by atoms with Crippen LogP contribution in [0.15, 0.2) is 12.2 Å². The normalized spacial score (nSPS) is 38.1. The largest absolute Gasteiger partial charge is 0.389 e. The van der Waals surface area contributed by atoms with Crippen molar-refractivity contribution in [2.24, 2.45) is 17.8 Å². The Morgan fingerprint density at radius 1 is 1.36 bits per heavy atom. The van der Waals surface area contributed by atoms with Crippen molar-refractivity contribution in [3.05, 3.63) is 12.2 Å². The van der Waals surface area contributed by atoms with Crippen LogP contribution in [0.4, 0.5) is 0 Å².